The van der Waals surface area contributed by atoms with Crippen molar-refractivity contribution >= 4 is 0 Å². The van der Waals surface area contributed by atoms with E-state index in [-0.39, 0.29) is 0 Å². The summed E-state index contributed by atoms with van der Waals surface area (Å²) in [6.07, 6.45) is 21.3. The number of rotatable bonds is 13. The van der Waals surface area contributed by atoms with Crippen molar-refractivity contribution in [2.75, 3.05) is 0 Å². The number of nitrogens with zero attached hydrogens (tertiary/aromatic N) is 1. The lowest BCUT2D eigenvalue weighted by molar-refractivity contribution is 0.535. The van der Waals surface area contributed by atoms with Crippen molar-refractivity contribution in [1.82, 2.24) is 4.57 Å². The Bertz CT molecular complexity index is 313. The van der Waals surface area contributed by atoms with E-state index in [9.17, 15) is 0 Å². The normalized spacial score (nSPS) is 11.1. The molecular formula is C19H35N. The summed E-state index contributed by atoms with van der Waals surface area (Å²) >= 11 is 0. The van der Waals surface area contributed by atoms with Crippen LogP contribution in [0.5, 0.6) is 0 Å². The Labute approximate surface area is 126 Å². The summed E-state index contributed by atoms with van der Waals surface area (Å²) in [6, 6.07) is 2.28. The molecule has 0 aromatic carbocycles. The van der Waals surface area contributed by atoms with Crippen molar-refractivity contribution in [2.45, 2.75) is 97.4 Å². The van der Waals surface area contributed by atoms with Crippen LogP contribution < -0.4 is 0 Å². The van der Waals surface area contributed by atoms with Gasteiger partial charge in [0.15, 0.2) is 0 Å². The van der Waals surface area contributed by atoms with E-state index < -0.39 is 0 Å². The molecule has 0 radical (unpaired) electrons. The van der Waals surface area contributed by atoms with E-state index in [2.05, 4.69) is 36.9 Å². The van der Waals surface area contributed by atoms with Gasteiger partial charge in [0.2, 0.25) is 0 Å². The van der Waals surface area contributed by atoms with Gasteiger partial charge in [-0.2, -0.15) is 0 Å². The first kappa shape index (κ1) is 17.3. The van der Waals surface area contributed by atoms with Crippen molar-refractivity contribution in [3.05, 3.63) is 24.0 Å². The summed E-state index contributed by atoms with van der Waals surface area (Å²) in [5.41, 5.74) is 1.50. The van der Waals surface area contributed by atoms with Crippen LogP contribution in [-0.4, -0.2) is 4.57 Å². The molecule has 20 heavy (non-hydrogen) atoms. The molecule has 0 N–H and O–H groups in total. The topological polar surface area (TPSA) is 4.93 Å². The third kappa shape index (κ3) is 8.45. The van der Waals surface area contributed by atoms with Crippen LogP contribution in [0.1, 0.15) is 90.0 Å². The number of hydrogen-bond donors (Lipinski definition) is 0. The van der Waals surface area contributed by atoms with Gasteiger partial charge in [-0.15, -0.1) is 0 Å². The Kier molecular flexibility index (Phi) is 10.4. The summed E-state index contributed by atoms with van der Waals surface area (Å²) < 4.78 is 2.37. The largest absolute Gasteiger partial charge is 0.354 e. The Morgan fingerprint density at radius 3 is 1.95 bits per heavy atom. The molecule has 0 aliphatic rings. The minimum absolute atomic E-state index is 1.21. The molecule has 0 saturated heterocycles. The van der Waals surface area contributed by atoms with Gasteiger partial charge in [-0.1, -0.05) is 78.1 Å². The summed E-state index contributed by atoms with van der Waals surface area (Å²) in [7, 11) is 0. The molecule has 0 amide bonds. The van der Waals surface area contributed by atoms with Crippen molar-refractivity contribution in [1.29, 1.82) is 0 Å². The van der Waals surface area contributed by atoms with Gasteiger partial charge >= 0.3 is 0 Å². The van der Waals surface area contributed by atoms with E-state index in [1.54, 1.807) is 0 Å². The van der Waals surface area contributed by atoms with Gasteiger partial charge in [0, 0.05) is 18.9 Å². The van der Waals surface area contributed by atoms with Gasteiger partial charge in [-0.3, -0.25) is 0 Å². The predicted molar refractivity (Wildman–Crippen MR) is 90.3 cm³/mol. The highest BCUT2D eigenvalue weighted by Crippen LogP contribution is 2.11. The Hall–Kier alpha value is -0.720. The van der Waals surface area contributed by atoms with E-state index >= 15 is 0 Å². The van der Waals surface area contributed by atoms with E-state index in [0.29, 0.717) is 0 Å². The second-order valence-electron chi connectivity index (χ2n) is 6.19. The fourth-order valence-electron chi connectivity index (χ4n) is 2.85. The molecule has 0 fully saturated rings. The monoisotopic (exact) mass is 277 g/mol. The molecule has 1 nitrogen and oxygen atoms in total. The lowest BCUT2D eigenvalue weighted by Gasteiger charge is -2.04. The van der Waals surface area contributed by atoms with E-state index in [1.807, 2.05) is 0 Å². The molecule has 0 aliphatic carbocycles. The fourth-order valence-corrected chi connectivity index (χ4v) is 2.85. The highest BCUT2D eigenvalue weighted by Gasteiger charge is 1.96. The minimum atomic E-state index is 1.21. The fraction of sp³-hybridized carbons (Fsp3) is 0.789. The number of aryl methyl sites for hydroxylation is 2. The average molecular weight is 277 g/mol. The second-order valence-corrected chi connectivity index (χ2v) is 6.19. The van der Waals surface area contributed by atoms with Crippen LogP contribution in [0, 0.1) is 0 Å². The van der Waals surface area contributed by atoms with Crippen molar-refractivity contribution in [3.8, 4) is 0 Å². The average Bonchev–Trinajstić information content (AvgIpc) is 2.89. The first-order chi connectivity index (χ1) is 9.86. The molecule has 0 spiro atoms. The SMILES string of the molecule is CCCCCCCCCCCCn1ccc(CCC)c1. The zero-order valence-electron chi connectivity index (χ0n) is 13.9. The van der Waals surface area contributed by atoms with Crippen LogP contribution in [0.2, 0.25) is 0 Å². The Balaban J connectivity index is 1.89. The van der Waals surface area contributed by atoms with Crippen LogP contribution in [0.4, 0.5) is 0 Å². The van der Waals surface area contributed by atoms with Crippen molar-refractivity contribution < 1.29 is 0 Å². The molecule has 0 bridgehead atoms. The van der Waals surface area contributed by atoms with Crippen LogP contribution in [0.3, 0.4) is 0 Å². The summed E-state index contributed by atoms with van der Waals surface area (Å²) in [5, 5.41) is 0. The quantitative estimate of drug-likeness (QED) is 0.370. The van der Waals surface area contributed by atoms with Crippen LogP contribution in [0.25, 0.3) is 0 Å². The van der Waals surface area contributed by atoms with E-state index in [1.165, 1.54) is 89.2 Å². The number of unbranched alkanes of at least 4 members (excludes halogenated alkanes) is 9. The third-order valence-electron chi connectivity index (χ3n) is 4.12. The molecule has 1 heterocycles. The molecule has 0 atom stereocenters. The summed E-state index contributed by atoms with van der Waals surface area (Å²) in [4.78, 5) is 0. The smallest absolute Gasteiger partial charge is 0.0219 e. The molecule has 0 saturated carbocycles. The number of hydrogen-bond acceptors (Lipinski definition) is 0. The molecule has 1 heteroatoms. The summed E-state index contributed by atoms with van der Waals surface area (Å²) in [6.45, 7) is 5.75. The van der Waals surface area contributed by atoms with Gasteiger partial charge in [-0.05, 0) is 24.5 Å². The maximum atomic E-state index is 2.37. The first-order valence-electron chi connectivity index (χ1n) is 9.01. The highest BCUT2D eigenvalue weighted by atomic mass is 14.9. The number of aromatic nitrogens is 1. The molecule has 1 rings (SSSR count). The van der Waals surface area contributed by atoms with Gasteiger partial charge in [0.25, 0.3) is 0 Å². The van der Waals surface area contributed by atoms with Crippen LogP contribution >= 0.6 is 0 Å². The zero-order valence-corrected chi connectivity index (χ0v) is 13.9. The Morgan fingerprint density at radius 2 is 1.35 bits per heavy atom. The van der Waals surface area contributed by atoms with E-state index in [0.717, 1.165) is 0 Å². The van der Waals surface area contributed by atoms with Gasteiger partial charge < -0.3 is 4.57 Å². The maximum absolute atomic E-state index is 2.37. The first-order valence-corrected chi connectivity index (χ1v) is 9.01. The van der Waals surface area contributed by atoms with Gasteiger partial charge in [0.05, 0.1) is 0 Å². The van der Waals surface area contributed by atoms with E-state index in [4.69, 9.17) is 0 Å². The van der Waals surface area contributed by atoms with Gasteiger partial charge in [0.1, 0.15) is 0 Å². The predicted octanol–water partition coefficient (Wildman–Crippen LogP) is 6.36. The Morgan fingerprint density at radius 1 is 0.750 bits per heavy atom. The lowest BCUT2D eigenvalue weighted by Crippen LogP contribution is -1.94. The zero-order chi connectivity index (χ0) is 14.5. The van der Waals surface area contributed by atoms with Crippen molar-refractivity contribution in [3.63, 3.8) is 0 Å². The highest BCUT2D eigenvalue weighted by molar-refractivity contribution is 5.10. The maximum Gasteiger partial charge on any atom is 0.0219 e. The molecule has 1 aromatic heterocycles. The standard InChI is InChI=1S/C19H35N/c1-3-5-6-7-8-9-10-11-12-13-16-20-17-15-19(18-20)14-4-2/h15,17-18H,3-14,16H2,1-2H3. The van der Waals surface area contributed by atoms with Crippen LogP contribution in [-0.2, 0) is 13.0 Å². The molecular weight excluding hydrogens is 242 g/mol. The van der Waals surface area contributed by atoms with Gasteiger partial charge in [-0.25, -0.2) is 0 Å². The van der Waals surface area contributed by atoms with Crippen molar-refractivity contribution in [2.24, 2.45) is 0 Å². The lowest BCUT2D eigenvalue weighted by atomic mass is 10.1. The molecule has 116 valence electrons. The molecule has 0 unspecified atom stereocenters. The molecule has 1 aromatic rings. The summed E-state index contributed by atoms with van der Waals surface area (Å²) in [5.74, 6) is 0. The third-order valence-corrected chi connectivity index (χ3v) is 4.12. The van der Waals surface area contributed by atoms with Crippen LogP contribution in [0.15, 0.2) is 18.5 Å². The minimum Gasteiger partial charge on any atom is -0.354 e. The molecule has 0 aliphatic heterocycles. The second kappa shape index (κ2) is 12.1.